The summed E-state index contributed by atoms with van der Waals surface area (Å²) in [6, 6.07) is 5.30. The van der Waals surface area contributed by atoms with Crippen molar-refractivity contribution in [2.75, 3.05) is 30.0 Å². The Morgan fingerprint density at radius 3 is 2.09 bits per heavy atom. The van der Waals surface area contributed by atoms with Crippen LogP contribution in [0.5, 0.6) is 0 Å². The molecule has 236 valence electrons. The zero-order valence-corrected chi connectivity index (χ0v) is 23.7. The van der Waals surface area contributed by atoms with Gasteiger partial charge in [0.25, 0.3) is 0 Å². The summed E-state index contributed by atoms with van der Waals surface area (Å²) in [5.74, 6) is -1.54. The third-order valence-corrected chi connectivity index (χ3v) is 7.66. The summed E-state index contributed by atoms with van der Waals surface area (Å²) in [5.41, 5.74) is -5.05. The maximum atomic E-state index is 14.1. The van der Waals surface area contributed by atoms with Crippen LogP contribution >= 0.6 is 0 Å². The second kappa shape index (κ2) is 11.8. The van der Waals surface area contributed by atoms with E-state index in [1.54, 1.807) is 0 Å². The molecule has 1 aliphatic heterocycles. The normalized spacial score (nSPS) is 16.0. The first kappa shape index (κ1) is 32.9. The zero-order chi connectivity index (χ0) is 32.8. The molecule has 1 amide bonds. The highest BCUT2D eigenvalue weighted by molar-refractivity contribution is 6.03. The Kier molecular flexibility index (Phi) is 8.82. The number of Topliss-reactive ketones (excluding diaryl/α,β-unsaturated/α-hetero) is 1. The smallest absolute Gasteiger partial charge is 0.394 e. The van der Waals surface area contributed by atoms with Gasteiger partial charge in [-0.25, -0.2) is 9.37 Å². The van der Waals surface area contributed by atoms with Gasteiger partial charge in [-0.15, -0.1) is 0 Å². The molecule has 0 radical (unpaired) electrons. The molecule has 0 aliphatic carbocycles. The number of carbonyl (C=O) groups is 2. The molecular weight excluding hydrogens is 599 g/mol. The van der Waals surface area contributed by atoms with E-state index in [0.717, 1.165) is 17.0 Å². The molecule has 0 unspecified atom stereocenters. The lowest BCUT2D eigenvalue weighted by Gasteiger charge is -2.32. The first-order chi connectivity index (χ1) is 20.4. The van der Waals surface area contributed by atoms with Gasteiger partial charge in [0.15, 0.2) is 5.78 Å². The number of benzene rings is 2. The quantitative estimate of drug-likeness (QED) is 0.337. The van der Waals surface area contributed by atoms with E-state index in [1.807, 2.05) is 0 Å². The Hall–Kier alpha value is -4.04. The monoisotopic (exact) mass is 627 g/mol. The number of aliphatic hydroxyl groups excluding tert-OH is 2. The minimum atomic E-state index is -5.12. The molecule has 1 atom stereocenters. The van der Waals surface area contributed by atoms with E-state index >= 15 is 0 Å². The van der Waals surface area contributed by atoms with Crippen LogP contribution < -0.4 is 9.80 Å². The molecule has 0 saturated carbocycles. The number of hydrogen-bond acceptors (Lipinski definition) is 6. The van der Waals surface area contributed by atoms with Crippen molar-refractivity contribution in [1.29, 1.82) is 0 Å². The highest BCUT2D eigenvalue weighted by Gasteiger charge is 2.41. The molecular formula is C30H28F7N3O4. The first-order valence-corrected chi connectivity index (χ1v) is 13.3. The van der Waals surface area contributed by atoms with Gasteiger partial charge in [0.05, 0.1) is 54.2 Å². The standard InChI is InChI=1S/C30H28F7N3O4/c1-28(2,17-7-18(29(32,33)34)9-19(8-17)30(35,36)37)27(44)39(3)25-12-38-26(40-13-22(43)10-21(40)15-42)11-24(25)23-5-4-20(31)6-16(23)14-41/h4-9,11-12,21,41-42H,10,13-15H2,1-3H3/t21-/m0/s1. The van der Waals surface area contributed by atoms with Gasteiger partial charge in [0, 0.05) is 19.0 Å². The topological polar surface area (TPSA) is 94.0 Å². The second-order valence-corrected chi connectivity index (χ2v) is 11.0. The summed E-state index contributed by atoms with van der Waals surface area (Å²) in [7, 11) is 1.25. The number of likely N-dealkylation sites (N-methyl/N-ethyl adjacent to an activating group) is 1. The van der Waals surface area contributed by atoms with Crippen molar-refractivity contribution in [2.45, 2.75) is 50.7 Å². The highest BCUT2D eigenvalue weighted by atomic mass is 19.4. The number of rotatable bonds is 7. The molecule has 44 heavy (non-hydrogen) atoms. The van der Waals surface area contributed by atoms with Gasteiger partial charge in [-0.3, -0.25) is 9.59 Å². The molecule has 2 heterocycles. The lowest BCUT2D eigenvalue weighted by atomic mass is 9.81. The number of amides is 1. The van der Waals surface area contributed by atoms with E-state index < -0.39 is 58.8 Å². The van der Waals surface area contributed by atoms with Crippen LogP contribution in [-0.2, 0) is 34.0 Å². The fourth-order valence-electron chi connectivity index (χ4n) is 5.19. The Morgan fingerprint density at radius 2 is 1.55 bits per heavy atom. The number of pyridine rings is 1. The lowest BCUT2D eigenvalue weighted by Crippen LogP contribution is -2.42. The first-order valence-electron chi connectivity index (χ1n) is 13.3. The van der Waals surface area contributed by atoms with Crippen LogP contribution in [0.3, 0.4) is 0 Å². The summed E-state index contributed by atoms with van der Waals surface area (Å²) in [6.45, 7) is 1.29. The number of nitrogens with zero attached hydrogens (tertiary/aromatic N) is 3. The predicted molar refractivity (Wildman–Crippen MR) is 146 cm³/mol. The Morgan fingerprint density at radius 1 is 0.955 bits per heavy atom. The number of hydrogen-bond donors (Lipinski definition) is 2. The molecule has 4 rings (SSSR count). The molecule has 1 fully saturated rings. The number of ketones is 1. The number of carbonyl (C=O) groups excluding carboxylic acids is 2. The number of aromatic nitrogens is 1. The van der Waals surface area contributed by atoms with E-state index in [4.69, 9.17) is 0 Å². The minimum absolute atomic E-state index is 0.0256. The average molecular weight is 628 g/mol. The zero-order valence-electron chi connectivity index (χ0n) is 23.7. The van der Waals surface area contributed by atoms with E-state index in [0.29, 0.717) is 12.1 Å². The third-order valence-electron chi connectivity index (χ3n) is 7.66. The van der Waals surface area contributed by atoms with Crippen LogP contribution in [0.2, 0.25) is 0 Å². The van der Waals surface area contributed by atoms with Crippen molar-refractivity contribution in [3.63, 3.8) is 0 Å². The highest BCUT2D eigenvalue weighted by Crippen LogP contribution is 2.41. The Labute approximate surface area is 247 Å². The van der Waals surface area contributed by atoms with Crippen molar-refractivity contribution in [3.8, 4) is 11.1 Å². The summed E-state index contributed by atoms with van der Waals surface area (Å²) >= 11 is 0. The van der Waals surface area contributed by atoms with Crippen molar-refractivity contribution in [2.24, 2.45) is 0 Å². The maximum Gasteiger partial charge on any atom is 0.416 e. The van der Waals surface area contributed by atoms with Crippen LogP contribution in [0.25, 0.3) is 11.1 Å². The summed E-state index contributed by atoms with van der Waals surface area (Å²) < 4.78 is 95.5. The molecule has 14 heteroatoms. The van der Waals surface area contributed by atoms with Gasteiger partial charge in [-0.05, 0) is 66.9 Å². The summed E-state index contributed by atoms with van der Waals surface area (Å²) in [4.78, 5) is 32.9. The summed E-state index contributed by atoms with van der Waals surface area (Å²) in [5, 5.41) is 19.7. The van der Waals surface area contributed by atoms with Crippen LogP contribution in [0.15, 0.2) is 48.7 Å². The molecule has 1 saturated heterocycles. The third kappa shape index (κ3) is 6.41. The second-order valence-electron chi connectivity index (χ2n) is 11.0. The molecule has 0 spiro atoms. The van der Waals surface area contributed by atoms with Crippen molar-refractivity contribution < 1.29 is 50.5 Å². The molecule has 3 aromatic rings. The van der Waals surface area contributed by atoms with E-state index in [1.165, 1.54) is 44.1 Å². The summed E-state index contributed by atoms with van der Waals surface area (Å²) in [6.07, 6.45) is -8.98. The van der Waals surface area contributed by atoms with E-state index in [-0.39, 0.29) is 59.6 Å². The SMILES string of the molecule is CN(C(=O)C(C)(C)c1cc(C(F)(F)F)cc(C(F)(F)F)c1)c1cnc(N2CC(=O)C[C@H]2CO)cc1-c1ccc(F)cc1CO. The van der Waals surface area contributed by atoms with Gasteiger partial charge in [0.2, 0.25) is 5.91 Å². The number of aliphatic hydroxyl groups is 2. The largest absolute Gasteiger partial charge is 0.416 e. The van der Waals surface area contributed by atoms with Crippen LogP contribution in [0, 0.1) is 5.82 Å². The van der Waals surface area contributed by atoms with Crippen molar-refractivity contribution in [1.82, 2.24) is 4.98 Å². The van der Waals surface area contributed by atoms with Gasteiger partial charge in [0.1, 0.15) is 11.6 Å². The number of halogens is 7. The Bertz CT molecular complexity index is 1560. The molecule has 7 nitrogen and oxygen atoms in total. The predicted octanol–water partition coefficient (Wildman–Crippen LogP) is 5.50. The molecule has 1 aliphatic rings. The fourth-order valence-corrected chi connectivity index (χ4v) is 5.19. The molecule has 2 aromatic carbocycles. The van der Waals surface area contributed by atoms with E-state index in [2.05, 4.69) is 4.98 Å². The van der Waals surface area contributed by atoms with Gasteiger partial charge >= 0.3 is 12.4 Å². The van der Waals surface area contributed by atoms with Crippen LogP contribution in [-0.4, -0.2) is 53.1 Å². The minimum Gasteiger partial charge on any atom is -0.394 e. The van der Waals surface area contributed by atoms with Crippen molar-refractivity contribution >= 4 is 23.2 Å². The molecule has 2 N–H and O–H groups in total. The fraction of sp³-hybridized carbons (Fsp3) is 0.367. The maximum absolute atomic E-state index is 14.1. The Balaban J connectivity index is 1.86. The van der Waals surface area contributed by atoms with Crippen molar-refractivity contribution in [3.05, 3.63) is 76.7 Å². The number of alkyl halides is 6. The van der Waals surface area contributed by atoms with Gasteiger partial charge in [-0.2, -0.15) is 26.3 Å². The number of anilines is 2. The van der Waals surface area contributed by atoms with Crippen LogP contribution in [0.1, 0.15) is 42.5 Å². The van der Waals surface area contributed by atoms with E-state index in [9.17, 15) is 50.5 Å². The van der Waals surface area contributed by atoms with Gasteiger partial charge < -0.3 is 20.0 Å². The van der Waals surface area contributed by atoms with Gasteiger partial charge in [-0.1, -0.05) is 6.07 Å². The van der Waals surface area contributed by atoms with Crippen LogP contribution in [0.4, 0.5) is 42.2 Å². The molecule has 1 aromatic heterocycles. The molecule has 0 bridgehead atoms. The average Bonchev–Trinajstić information content (AvgIpc) is 3.35. The lowest BCUT2D eigenvalue weighted by molar-refractivity contribution is -0.143.